The van der Waals surface area contributed by atoms with Crippen LogP contribution in [0.25, 0.3) is 0 Å². The number of nitrogens with one attached hydrogen (secondary N) is 2. The molecule has 15 nitrogen and oxygen atoms in total. The van der Waals surface area contributed by atoms with Gasteiger partial charge in [-0.15, -0.1) is 0 Å². The van der Waals surface area contributed by atoms with Gasteiger partial charge >= 0.3 is 17.9 Å². The average Bonchev–Trinajstić information content (AvgIpc) is 3.22. The molecule has 0 aliphatic carbocycles. The lowest BCUT2D eigenvalue weighted by Crippen LogP contribution is -2.57. The third-order valence-electron chi connectivity index (χ3n) is 5.12. The summed E-state index contributed by atoms with van der Waals surface area (Å²) in [5, 5.41) is 31.5. The third kappa shape index (κ3) is 9.01. The summed E-state index contributed by atoms with van der Waals surface area (Å²) >= 11 is 0. The predicted octanol–water partition coefficient (Wildman–Crippen LogP) is -3.04. The lowest BCUT2D eigenvalue weighted by atomic mass is 10.1. The van der Waals surface area contributed by atoms with Crippen LogP contribution in [0.15, 0.2) is 0 Å². The number of aliphatic carboxylic acids is 3. The highest BCUT2D eigenvalue weighted by Crippen LogP contribution is 2.20. The van der Waals surface area contributed by atoms with Gasteiger partial charge in [0.25, 0.3) is 0 Å². The van der Waals surface area contributed by atoms with Crippen LogP contribution in [0.2, 0.25) is 0 Å². The number of hydrogen-bond acceptors (Lipinski definition) is 8. The van der Waals surface area contributed by atoms with Crippen LogP contribution in [-0.2, 0) is 33.6 Å². The predicted molar refractivity (Wildman–Crippen MR) is 112 cm³/mol. The van der Waals surface area contributed by atoms with Gasteiger partial charge in [-0.1, -0.05) is 0 Å². The molecule has 9 N–H and O–H groups in total. The number of hydrogen-bond donors (Lipinski definition) is 7. The van der Waals surface area contributed by atoms with E-state index in [9.17, 15) is 38.7 Å². The van der Waals surface area contributed by atoms with E-state index in [2.05, 4.69) is 10.6 Å². The molecule has 1 fully saturated rings. The van der Waals surface area contributed by atoms with Gasteiger partial charge in [-0.25, -0.2) is 4.79 Å². The van der Waals surface area contributed by atoms with E-state index in [1.807, 2.05) is 0 Å². The zero-order valence-corrected chi connectivity index (χ0v) is 18.3. The van der Waals surface area contributed by atoms with Crippen LogP contribution in [0.4, 0.5) is 0 Å². The second-order valence-corrected chi connectivity index (χ2v) is 7.79. The van der Waals surface area contributed by atoms with Crippen LogP contribution in [0.1, 0.15) is 44.9 Å². The quantitative estimate of drug-likeness (QED) is 0.129. The maximum atomic E-state index is 13.1. The first-order valence-corrected chi connectivity index (χ1v) is 10.4. The second kappa shape index (κ2) is 13.1. The van der Waals surface area contributed by atoms with Crippen molar-refractivity contribution >= 4 is 41.5 Å². The summed E-state index contributed by atoms with van der Waals surface area (Å²) in [6.45, 7) is 0.0799. The van der Waals surface area contributed by atoms with Gasteiger partial charge in [0.05, 0.1) is 12.5 Å². The second-order valence-electron chi connectivity index (χ2n) is 7.79. The van der Waals surface area contributed by atoms with Crippen LogP contribution >= 0.6 is 0 Å². The monoisotopic (exact) mass is 487 g/mol. The summed E-state index contributed by atoms with van der Waals surface area (Å²) in [4.78, 5) is 83.2. The van der Waals surface area contributed by atoms with Crippen molar-refractivity contribution in [1.82, 2.24) is 15.5 Å². The first-order chi connectivity index (χ1) is 15.8. The molecule has 0 radical (unpaired) electrons. The van der Waals surface area contributed by atoms with Crippen molar-refractivity contribution < 1.29 is 48.9 Å². The Morgan fingerprint density at radius 3 is 1.97 bits per heavy atom. The number of amides is 4. The Kier molecular flexibility index (Phi) is 10.9. The topological polar surface area (TPSA) is 260 Å². The van der Waals surface area contributed by atoms with Gasteiger partial charge in [0, 0.05) is 19.4 Å². The maximum Gasteiger partial charge on any atom is 0.326 e. The van der Waals surface area contributed by atoms with Crippen molar-refractivity contribution in [2.75, 3.05) is 6.54 Å². The summed E-state index contributed by atoms with van der Waals surface area (Å²) in [5.74, 6) is -7.31. The number of nitrogens with two attached hydrogens (primary N) is 2. The number of nitrogens with zero attached hydrogens (tertiary/aromatic N) is 1. The molecule has 0 aromatic carbocycles. The standard InChI is InChI=1S/C19H29N5O10/c20-9(8-13(21)25)16(30)22-10(3-5-14(26)27)18(32)24-7-1-2-12(24)17(31)23-11(19(33)34)4-6-15(28)29/h9-12H,1-8,20H2,(H2,21,25)(H,22,30)(H,23,31)(H,26,27)(H,28,29)(H,33,34). The van der Waals surface area contributed by atoms with Crippen molar-refractivity contribution in [3.63, 3.8) is 0 Å². The molecule has 1 aliphatic heterocycles. The Labute approximate surface area is 193 Å². The molecular formula is C19H29N5O10. The van der Waals surface area contributed by atoms with Crippen molar-refractivity contribution in [2.24, 2.45) is 11.5 Å². The number of primary amides is 1. The highest BCUT2D eigenvalue weighted by molar-refractivity contribution is 5.95. The van der Waals surface area contributed by atoms with Crippen molar-refractivity contribution in [3.05, 3.63) is 0 Å². The van der Waals surface area contributed by atoms with Gasteiger partial charge in [-0.05, 0) is 25.7 Å². The van der Waals surface area contributed by atoms with Gasteiger partial charge in [-0.3, -0.25) is 28.8 Å². The Hall–Kier alpha value is -3.75. The van der Waals surface area contributed by atoms with E-state index in [0.717, 1.165) is 4.90 Å². The van der Waals surface area contributed by atoms with Gasteiger partial charge in [-0.2, -0.15) is 0 Å². The van der Waals surface area contributed by atoms with Gasteiger partial charge in [0.2, 0.25) is 23.6 Å². The molecule has 4 amide bonds. The summed E-state index contributed by atoms with van der Waals surface area (Å²) in [7, 11) is 0. The molecule has 0 spiro atoms. The molecule has 0 saturated carbocycles. The van der Waals surface area contributed by atoms with Crippen LogP contribution in [0.3, 0.4) is 0 Å². The van der Waals surface area contributed by atoms with E-state index >= 15 is 0 Å². The summed E-state index contributed by atoms with van der Waals surface area (Å²) in [6, 6.07) is -5.35. The first-order valence-electron chi connectivity index (χ1n) is 10.4. The van der Waals surface area contributed by atoms with Crippen LogP contribution < -0.4 is 22.1 Å². The van der Waals surface area contributed by atoms with E-state index in [1.54, 1.807) is 0 Å². The Bertz CT molecular complexity index is 832. The Morgan fingerprint density at radius 1 is 0.912 bits per heavy atom. The third-order valence-corrected chi connectivity index (χ3v) is 5.12. The van der Waals surface area contributed by atoms with Gasteiger partial charge in [0.1, 0.15) is 18.1 Å². The van der Waals surface area contributed by atoms with Crippen LogP contribution in [-0.4, -0.2) is 92.5 Å². The van der Waals surface area contributed by atoms with E-state index in [0.29, 0.717) is 6.42 Å². The molecule has 1 rings (SSSR count). The molecular weight excluding hydrogens is 458 g/mol. The van der Waals surface area contributed by atoms with E-state index in [-0.39, 0.29) is 25.8 Å². The Morgan fingerprint density at radius 2 is 1.47 bits per heavy atom. The van der Waals surface area contributed by atoms with Crippen molar-refractivity contribution in [3.8, 4) is 0 Å². The molecule has 1 heterocycles. The zero-order chi connectivity index (χ0) is 26.0. The highest BCUT2D eigenvalue weighted by Gasteiger charge is 2.39. The molecule has 0 aromatic rings. The van der Waals surface area contributed by atoms with Gasteiger partial charge in [0.15, 0.2) is 0 Å². The first kappa shape index (κ1) is 28.3. The van der Waals surface area contributed by atoms with E-state index in [4.69, 9.17) is 21.7 Å². The van der Waals surface area contributed by atoms with Crippen molar-refractivity contribution in [1.29, 1.82) is 0 Å². The van der Waals surface area contributed by atoms with Crippen LogP contribution in [0.5, 0.6) is 0 Å². The fourth-order valence-corrected chi connectivity index (χ4v) is 3.41. The smallest absolute Gasteiger partial charge is 0.326 e. The number of likely N-dealkylation sites (tertiary alicyclic amines) is 1. The average molecular weight is 487 g/mol. The molecule has 4 atom stereocenters. The van der Waals surface area contributed by atoms with E-state index < -0.39 is 85.0 Å². The molecule has 1 saturated heterocycles. The molecule has 1 aliphatic rings. The molecule has 0 aromatic heterocycles. The molecule has 15 heteroatoms. The Balaban J connectivity index is 2.97. The minimum absolute atomic E-state index is 0.0799. The molecule has 0 bridgehead atoms. The minimum Gasteiger partial charge on any atom is -0.481 e. The number of carboxylic acid groups (broad SMARTS) is 3. The number of carbonyl (C=O) groups is 7. The van der Waals surface area contributed by atoms with Crippen molar-refractivity contribution in [2.45, 2.75) is 69.1 Å². The normalized spacial score (nSPS) is 17.8. The lowest BCUT2D eigenvalue weighted by Gasteiger charge is -2.29. The molecule has 4 unspecified atom stereocenters. The van der Waals surface area contributed by atoms with Crippen LogP contribution in [0, 0.1) is 0 Å². The molecule has 34 heavy (non-hydrogen) atoms. The fraction of sp³-hybridized carbons (Fsp3) is 0.632. The summed E-state index contributed by atoms with van der Waals surface area (Å²) < 4.78 is 0. The largest absolute Gasteiger partial charge is 0.481 e. The van der Waals surface area contributed by atoms with E-state index in [1.165, 1.54) is 0 Å². The molecule has 190 valence electrons. The highest BCUT2D eigenvalue weighted by atomic mass is 16.4. The number of carbonyl (C=O) groups excluding carboxylic acids is 4. The number of rotatable bonds is 14. The summed E-state index contributed by atoms with van der Waals surface area (Å²) in [6.07, 6.45) is -1.66. The maximum absolute atomic E-state index is 13.1. The fourth-order valence-electron chi connectivity index (χ4n) is 3.41. The number of carboxylic acids is 3. The van der Waals surface area contributed by atoms with Gasteiger partial charge < -0.3 is 42.3 Å². The summed E-state index contributed by atoms with van der Waals surface area (Å²) in [5.41, 5.74) is 10.6. The zero-order valence-electron chi connectivity index (χ0n) is 18.3. The minimum atomic E-state index is -1.49. The SMILES string of the molecule is NC(=O)CC(N)C(=O)NC(CCC(=O)O)C(=O)N1CCCC1C(=O)NC(CCC(=O)O)C(=O)O. The lowest BCUT2D eigenvalue weighted by molar-refractivity contribution is -0.145.